The summed E-state index contributed by atoms with van der Waals surface area (Å²) in [5.74, 6) is 1.96. The molecular formula is C37H51FN2O5. The fraction of sp³-hybridized carbons (Fsp3) is 0.486. The first kappa shape index (κ1) is 36.0. The van der Waals surface area contributed by atoms with Crippen LogP contribution in [0.3, 0.4) is 0 Å². The average Bonchev–Trinajstić information content (AvgIpc) is 3.46. The van der Waals surface area contributed by atoms with Crippen LogP contribution in [-0.2, 0) is 27.1 Å². The van der Waals surface area contributed by atoms with Gasteiger partial charge >= 0.3 is 0 Å². The normalized spacial score (nSPS) is 16.2. The van der Waals surface area contributed by atoms with Crippen molar-refractivity contribution in [2.24, 2.45) is 0 Å². The third kappa shape index (κ3) is 10.0. The minimum absolute atomic E-state index is 0.132. The van der Waals surface area contributed by atoms with Gasteiger partial charge < -0.3 is 29.1 Å². The predicted octanol–water partition coefficient (Wildman–Crippen LogP) is 7.42. The molecule has 0 radical (unpaired) electrons. The summed E-state index contributed by atoms with van der Waals surface area (Å²) in [5.41, 5.74) is 8.14. The molecule has 1 N–H and O–H groups in total. The number of likely N-dealkylation sites (tertiary alicyclic amines) is 1. The molecule has 3 aromatic carbocycles. The summed E-state index contributed by atoms with van der Waals surface area (Å²) in [6.07, 6.45) is 3.70. The Morgan fingerprint density at radius 3 is 2.22 bits per heavy atom. The van der Waals surface area contributed by atoms with Gasteiger partial charge in [0.05, 0.1) is 26.4 Å². The number of aldehydes is 1. The quantitative estimate of drug-likeness (QED) is 0.107. The molecule has 1 saturated heterocycles. The number of hydrogen-bond acceptors (Lipinski definition) is 7. The lowest BCUT2D eigenvalue weighted by atomic mass is 9.89. The number of carbonyl (C=O) groups is 1. The van der Waals surface area contributed by atoms with Crippen LogP contribution in [0.15, 0.2) is 48.5 Å². The van der Waals surface area contributed by atoms with Crippen molar-refractivity contribution in [2.75, 3.05) is 59.2 Å². The zero-order valence-electron chi connectivity index (χ0n) is 28.1. The molecule has 45 heavy (non-hydrogen) atoms. The molecule has 2 atom stereocenters. The Balaban J connectivity index is 0.000000355. The van der Waals surface area contributed by atoms with Gasteiger partial charge in [0.1, 0.15) is 23.6 Å². The van der Waals surface area contributed by atoms with Gasteiger partial charge in [-0.2, -0.15) is 0 Å². The Morgan fingerprint density at radius 1 is 0.956 bits per heavy atom. The Hall–Kier alpha value is -3.46. The molecule has 0 unspecified atom stereocenters. The van der Waals surface area contributed by atoms with E-state index in [1.165, 1.54) is 16.7 Å². The van der Waals surface area contributed by atoms with Crippen molar-refractivity contribution in [1.29, 1.82) is 0 Å². The van der Waals surface area contributed by atoms with E-state index in [0.717, 1.165) is 66.0 Å². The fourth-order valence-electron chi connectivity index (χ4n) is 6.04. The number of anilines is 1. The van der Waals surface area contributed by atoms with Gasteiger partial charge in [0.25, 0.3) is 0 Å². The first-order valence-electron chi connectivity index (χ1n) is 16.0. The number of nitrogens with one attached hydrogen (secondary N) is 1. The van der Waals surface area contributed by atoms with Crippen molar-refractivity contribution < 1.29 is 28.1 Å². The summed E-state index contributed by atoms with van der Waals surface area (Å²) in [7, 11) is 3.52. The van der Waals surface area contributed by atoms with Gasteiger partial charge in [-0.15, -0.1) is 0 Å². The molecule has 0 aromatic heterocycles. The van der Waals surface area contributed by atoms with Crippen LogP contribution in [0.5, 0.6) is 11.5 Å². The van der Waals surface area contributed by atoms with E-state index in [1.807, 2.05) is 40.0 Å². The van der Waals surface area contributed by atoms with Crippen LogP contribution in [-0.4, -0.2) is 65.0 Å². The van der Waals surface area contributed by atoms with Crippen LogP contribution in [0, 0.1) is 19.7 Å². The van der Waals surface area contributed by atoms with Gasteiger partial charge in [-0.1, -0.05) is 32.0 Å². The molecule has 0 aliphatic carbocycles. The number of halogens is 1. The lowest BCUT2D eigenvalue weighted by Gasteiger charge is -2.22. The topological polar surface area (TPSA) is 69.3 Å². The molecule has 1 heterocycles. The molecule has 4 rings (SSSR count). The summed E-state index contributed by atoms with van der Waals surface area (Å²) >= 11 is 0. The lowest BCUT2D eigenvalue weighted by Crippen LogP contribution is -2.25. The Morgan fingerprint density at radius 2 is 1.64 bits per heavy atom. The number of methoxy groups -OCH3 is 1. The summed E-state index contributed by atoms with van der Waals surface area (Å²) in [6, 6.07) is 15.9. The second-order valence-electron chi connectivity index (χ2n) is 11.3. The molecule has 3 aromatic rings. The SMILES string of the molecule is CCOc1cc(C)c([C@@H]2C[C@H](c3ccc(OCOCCOC)cc3)N(CC=O)C2)cc1C.CCc1cc(F)cc(CC)c1NC. The zero-order valence-corrected chi connectivity index (χ0v) is 28.1. The van der Waals surface area contributed by atoms with Crippen LogP contribution >= 0.6 is 0 Å². The predicted molar refractivity (Wildman–Crippen MR) is 179 cm³/mol. The molecule has 246 valence electrons. The number of benzene rings is 3. The monoisotopic (exact) mass is 622 g/mol. The summed E-state index contributed by atoms with van der Waals surface area (Å²) in [5, 5.41) is 3.13. The molecule has 1 aliphatic heterocycles. The van der Waals surface area contributed by atoms with Gasteiger partial charge in [0.2, 0.25) is 0 Å². The molecule has 1 aliphatic rings. The fourth-order valence-corrected chi connectivity index (χ4v) is 6.04. The molecule has 0 spiro atoms. The third-order valence-corrected chi connectivity index (χ3v) is 8.30. The number of nitrogens with zero attached hydrogens (tertiary/aromatic N) is 1. The van der Waals surface area contributed by atoms with E-state index in [1.54, 1.807) is 19.2 Å². The lowest BCUT2D eigenvalue weighted by molar-refractivity contribution is -0.109. The van der Waals surface area contributed by atoms with E-state index in [4.69, 9.17) is 18.9 Å². The van der Waals surface area contributed by atoms with E-state index in [-0.39, 0.29) is 18.7 Å². The Bertz CT molecular complexity index is 1320. The molecule has 8 heteroatoms. The molecule has 1 fully saturated rings. The average molecular weight is 623 g/mol. The maximum atomic E-state index is 13.1. The van der Waals surface area contributed by atoms with Gasteiger partial charge in [0.15, 0.2) is 6.79 Å². The van der Waals surface area contributed by atoms with Crippen molar-refractivity contribution in [3.63, 3.8) is 0 Å². The standard InChI is InChI=1S/C26H35NO5.C11H16FN/c1-5-31-26-15-19(2)24(14-20(26)3)22-16-25(27(17-22)10-11-28)21-6-8-23(9-7-21)32-18-30-13-12-29-4;1-4-8-6-10(12)7-9(5-2)11(8)13-3/h6-9,11,14-15,22,25H,5,10,12-13,16-18H2,1-4H3;6-7,13H,4-5H2,1-3H3/t22-,25-;/m1./s1. The number of carbonyl (C=O) groups excluding carboxylic acids is 1. The highest BCUT2D eigenvalue weighted by molar-refractivity contribution is 5.57. The third-order valence-electron chi connectivity index (χ3n) is 8.30. The van der Waals surface area contributed by atoms with Crippen LogP contribution in [0.4, 0.5) is 10.1 Å². The number of rotatable bonds is 15. The maximum absolute atomic E-state index is 13.1. The Kier molecular flexibility index (Phi) is 14.8. The molecule has 0 bridgehead atoms. The zero-order chi connectivity index (χ0) is 32.8. The second kappa shape index (κ2) is 18.5. The summed E-state index contributed by atoms with van der Waals surface area (Å²) in [6.45, 7) is 13.5. The number of aryl methyl sites for hydroxylation is 4. The first-order chi connectivity index (χ1) is 21.8. The summed E-state index contributed by atoms with van der Waals surface area (Å²) in [4.78, 5) is 13.6. The van der Waals surface area contributed by atoms with Crippen molar-refractivity contribution in [2.45, 2.75) is 65.8 Å². The molecule has 0 saturated carbocycles. The van der Waals surface area contributed by atoms with E-state index in [0.29, 0.717) is 32.3 Å². The van der Waals surface area contributed by atoms with Crippen molar-refractivity contribution >= 4 is 12.0 Å². The van der Waals surface area contributed by atoms with Crippen LogP contribution in [0.25, 0.3) is 0 Å². The highest BCUT2D eigenvalue weighted by Crippen LogP contribution is 2.42. The first-order valence-corrected chi connectivity index (χ1v) is 16.0. The molecule has 0 amide bonds. The van der Waals surface area contributed by atoms with Gasteiger partial charge in [-0.05, 0) is 110 Å². The van der Waals surface area contributed by atoms with Gasteiger partial charge in [-0.25, -0.2) is 4.39 Å². The number of ether oxygens (including phenoxy) is 4. The van der Waals surface area contributed by atoms with Gasteiger partial charge in [-0.3, -0.25) is 4.90 Å². The van der Waals surface area contributed by atoms with E-state index in [9.17, 15) is 9.18 Å². The van der Waals surface area contributed by atoms with E-state index >= 15 is 0 Å². The van der Waals surface area contributed by atoms with Gasteiger partial charge in [0, 0.05) is 32.4 Å². The van der Waals surface area contributed by atoms with E-state index in [2.05, 4.69) is 48.3 Å². The smallest absolute Gasteiger partial charge is 0.189 e. The minimum Gasteiger partial charge on any atom is -0.494 e. The summed E-state index contributed by atoms with van der Waals surface area (Å²) < 4.78 is 34.8. The Labute approximate surface area is 269 Å². The number of hydrogen-bond donors (Lipinski definition) is 1. The molecule has 7 nitrogen and oxygen atoms in total. The largest absolute Gasteiger partial charge is 0.494 e. The minimum atomic E-state index is -0.132. The van der Waals surface area contributed by atoms with Crippen molar-refractivity contribution in [3.8, 4) is 11.5 Å². The molecular weight excluding hydrogens is 571 g/mol. The highest BCUT2D eigenvalue weighted by atomic mass is 19.1. The van der Waals surface area contributed by atoms with E-state index < -0.39 is 0 Å². The van der Waals surface area contributed by atoms with Crippen molar-refractivity contribution in [3.05, 3.63) is 87.7 Å². The van der Waals surface area contributed by atoms with Crippen molar-refractivity contribution in [1.82, 2.24) is 4.90 Å². The highest BCUT2D eigenvalue weighted by Gasteiger charge is 2.34. The maximum Gasteiger partial charge on any atom is 0.189 e. The van der Waals surface area contributed by atoms with Crippen LogP contribution < -0.4 is 14.8 Å². The second-order valence-corrected chi connectivity index (χ2v) is 11.3. The van der Waals surface area contributed by atoms with Crippen LogP contribution in [0.1, 0.15) is 72.5 Å². The van der Waals surface area contributed by atoms with Crippen LogP contribution in [0.2, 0.25) is 0 Å².